The molecule has 0 unspecified atom stereocenters. The second kappa shape index (κ2) is 5.07. The minimum Gasteiger partial charge on any atom is -0.341 e. The van der Waals surface area contributed by atoms with Crippen LogP contribution in [0, 0.1) is 6.92 Å². The van der Waals surface area contributed by atoms with Gasteiger partial charge in [-0.1, -0.05) is 0 Å². The average molecular weight is 275 g/mol. The Morgan fingerprint density at radius 2 is 2.05 bits per heavy atom. The third kappa shape index (κ3) is 2.19. The highest BCUT2D eigenvalue weighted by Crippen LogP contribution is 2.09. The highest BCUT2D eigenvalue weighted by atomic mass is 16.2. The van der Waals surface area contributed by atoms with E-state index in [1.165, 1.54) is 11.1 Å². The summed E-state index contributed by atoms with van der Waals surface area (Å²) in [5.74, 6) is 0.596. The lowest BCUT2D eigenvalue weighted by Crippen LogP contribution is -2.40. The molecule has 7 heteroatoms. The van der Waals surface area contributed by atoms with Crippen LogP contribution in [0.1, 0.15) is 25.1 Å². The van der Waals surface area contributed by atoms with Gasteiger partial charge in [0.05, 0.1) is 0 Å². The summed E-state index contributed by atoms with van der Waals surface area (Å²) < 4.78 is 2.85. The van der Waals surface area contributed by atoms with E-state index >= 15 is 0 Å². The molecule has 0 spiro atoms. The number of amides is 1. The van der Waals surface area contributed by atoms with Crippen molar-refractivity contribution in [1.29, 1.82) is 0 Å². The van der Waals surface area contributed by atoms with Gasteiger partial charge < -0.3 is 4.90 Å². The SMILES string of the molecule is Cc1nn(CC(=O)N2CCCCC2)c(=O)c2nccn12. The van der Waals surface area contributed by atoms with Crippen LogP contribution in [0.2, 0.25) is 0 Å². The molecular formula is C13H17N5O2. The zero-order valence-electron chi connectivity index (χ0n) is 11.4. The molecule has 2 aromatic rings. The Kier molecular flexibility index (Phi) is 3.25. The van der Waals surface area contributed by atoms with Gasteiger partial charge in [-0.3, -0.25) is 14.0 Å². The Balaban J connectivity index is 1.88. The minimum atomic E-state index is -0.328. The lowest BCUT2D eigenvalue weighted by molar-refractivity contribution is -0.133. The van der Waals surface area contributed by atoms with Crippen LogP contribution < -0.4 is 5.56 Å². The summed E-state index contributed by atoms with van der Waals surface area (Å²) in [6.45, 7) is 3.33. The molecule has 20 heavy (non-hydrogen) atoms. The van der Waals surface area contributed by atoms with Crippen molar-refractivity contribution in [1.82, 2.24) is 24.1 Å². The van der Waals surface area contributed by atoms with Crippen molar-refractivity contribution < 1.29 is 4.79 Å². The molecule has 0 radical (unpaired) electrons. The zero-order valence-corrected chi connectivity index (χ0v) is 11.4. The summed E-state index contributed by atoms with van der Waals surface area (Å²) >= 11 is 0. The van der Waals surface area contributed by atoms with Crippen LogP contribution in [-0.4, -0.2) is 43.1 Å². The first-order valence-corrected chi connectivity index (χ1v) is 6.85. The van der Waals surface area contributed by atoms with Crippen molar-refractivity contribution in [2.24, 2.45) is 0 Å². The van der Waals surface area contributed by atoms with Crippen molar-refractivity contribution in [3.8, 4) is 0 Å². The summed E-state index contributed by atoms with van der Waals surface area (Å²) in [5, 5.41) is 4.19. The Bertz CT molecular complexity index is 696. The topological polar surface area (TPSA) is 72.5 Å². The number of hydrogen-bond acceptors (Lipinski definition) is 4. The van der Waals surface area contributed by atoms with Gasteiger partial charge in [0, 0.05) is 25.5 Å². The average Bonchev–Trinajstić information content (AvgIpc) is 2.95. The monoisotopic (exact) mass is 275 g/mol. The molecule has 0 bridgehead atoms. The lowest BCUT2D eigenvalue weighted by Gasteiger charge is -2.26. The predicted molar refractivity (Wildman–Crippen MR) is 72.4 cm³/mol. The number of piperidine rings is 1. The number of likely N-dealkylation sites (tertiary alicyclic amines) is 1. The van der Waals surface area contributed by atoms with Crippen LogP contribution in [0.4, 0.5) is 0 Å². The normalized spacial score (nSPS) is 15.8. The first-order chi connectivity index (χ1) is 9.66. The van der Waals surface area contributed by atoms with Gasteiger partial charge >= 0.3 is 5.56 Å². The smallest absolute Gasteiger partial charge is 0.310 e. The maximum atomic E-state index is 12.2. The summed E-state index contributed by atoms with van der Waals surface area (Å²) in [5.41, 5.74) is -0.0186. The van der Waals surface area contributed by atoms with Crippen LogP contribution >= 0.6 is 0 Å². The van der Waals surface area contributed by atoms with Crippen LogP contribution in [-0.2, 0) is 11.3 Å². The second-order valence-corrected chi connectivity index (χ2v) is 5.07. The van der Waals surface area contributed by atoms with Crippen LogP contribution in [0.25, 0.3) is 5.65 Å². The molecule has 1 aliphatic heterocycles. The second-order valence-electron chi connectivity index (χ2n) is 5.07. The first-order valence-electron chi connectivity index (χ1n) is 6.85. The van der Waals surface area contributed by atoms with E-state index in [9.17, 15) is 9.59 Å². The molecule has 3 rings (SSSR count). The van der Waals surface area contributed by atoms with Crippen molar-refractivity contribution in [2.45, 2.75) is 32.7 Å². The van der Waals surface area contributed by atoms with E-state index in [4.69, 9.17) is 0 Å². The standard InChI is InChI=1S/C13H17N5O2/c1-10-15-18(13(20)12-14-5-8-17(10)12)9-11(19)16-6-3-2-4-7-16/h5,8H,2-4,6-7,9H2,1H3. The van der Waals surface area contributed by atoms with Crippen LogP contribution in [0.3, 0.4) is 0 Å². The Hall–Kier alpha value is -2.18. The van der Waals surface area contributed by atoms with Crippen molar-refractivity contribution in [3.05, 3.63) is 28.6 Å². The largest absolute Gasteiger partial charge is 0.341 e. The number of rotatable bonds is 2. The number of aromatic nitrogens is 4. The van der Waals surface area contributed by atoms with Gasteiger partial charge in [-0.2, -0.15) is 5.10 Å². The molecule has 0 aromatic carbocycles. The van der Waals surface area contributed by atoms with Crippen molar-refractivity contribution >= 4 is 11.6 Å². The molecule has 1 aliphatic rings. The van der Waals surface area contributed by atoms with Crippen molar-refractivity contribution in [2.75, 3.05) is 13.1 Å². The van der Waals surface area contributed by atoms with Crippen molar-refractivity contribution in [3.63, 3.8) is 0 Å². The molecule has 1 saturated heterocycles. The van der Waals surface area contributed by atoms with E-state index in [0.29, 0.717) is 11.5 Å². The van der Waals surface area contributed by atoms with E-state index in [1.54, 1.807) is 23.7 Å². The number of nitrogens with zero attached hydrogens (tertiary/aromatic N) is 5. The van der Waals surface area contributed by atoms with Gasteiger partial charge in [-0.05, 0) is 26.2 Å². The molecule has 0 aliphatic carbocycles. The molecule has 2 aromatic heterocycles. The number of hydrogen-bond donors (Lipinski definition) is 0. The number of fused-ring (bicyclic) bond motifs is 1. The van der Waals surface area contributed by atoms with Crippen LogP contribution in [0.5, 0.6) is 0 Å². The molecule has 106 valence electrons. The molecule has 0 saturated carbocycles. The zero-order chi connectivity index (χ0) is 14.1. The maximum absolute atomic E-state index is 12.2. The highest BCUT2D eigenvalue weighted by Gasteiger charge is 2.18. The van der Waals surface area contributed by atoms with E-state index in [-0.39, 0.29) is 18.0 Å². The highest BCUT2D eigenvalue weighted by molar-refractivity contribution is 5.76. The Labute approximate surface area is 115 Å². The maximum Gasteiger partial charge on any atom is 0.310 e. The summed E-state index contributed by atoms with van der Waals surface area (Å²) in [6, 6.07) is 0. The lowest BCUT2D eigenvalue weighted by atomic mass is 10.1. The number of carbonyl (C=O) groups excluding carboxylic acids is 1. The quantitative estimate of drug-likeness (QED) is 0.785. The summed E-state index contributed by atoms with van der Waals surface area (Å²) in [6.07, 6.45) is 6.48. The van der Waals surface area contributed by atoms with Gasteiger partial charge in [-0.15, -0.1) is 0 Å². The number of imidazole rings is 1. The summed E-state index contributed by atoms with van der Waals surface area (Å²) in [7, 11) is 0. The van der Waals surface area contributed by atoms with Crippen LogP contribution in [0.15, 0.2) is 17.2 Å². The Morgan fingerprint density at radius 1 is 1.30 bits per heavy atom. The molecule has 0 N–H and O–H groups in total. The Morgan fingerprint density at radius 3 is 2.80 bits per heavy atom. The fourth-order valence-electron chi connectivity index (χ4n) is 2.59. The van der Waals surface area contributed by atoms with E-state index in [1.807, 2.05) is 4.90 Å². The van der Waals surface area contributed by atoms with E-state index in [0.717, 1.165) is 25.9 Å². The van der Waals surface area contributed by atoms with Gasteiger partial charge in [-0.25, -0.2) is 9.67 Å². The van der Waals surface area contributed by atoms with E-state index in [2.05, 4.69) is 10.1 Å². The molecule has 1 fully saturated rings. The van der Waals surface area contributed by atoms with Gasteiger partial charge in [0.2, 0.25) is 11.6 Å². The molecule has 1 amide bonds. The molecule has 3 heterocycles. The molecule has 7 nitrogen and oxygen atoms in total. The number of carbonyl (C=O) groups is 1. The first kappa shape index (κ1) is 12.8. The summed E-state index contributed by atoms with van der Waals surface area (Å²) in [4.78, 5) is 30.2. The number of aryl methyl sites for hydroxylation is 1. The fourth-order valence-corrected chi connectivity index (χ4v) is 2.59. The van der Waals surface area contributed by atoms with E-state index < -0.39 is 0 Å². The third-order valence-corrected chi connectivity index (χ3v) is 3.67. The third-order valence-electron chi connectivity index (χ3n) is 3.67. The van der Waals surface area contributed by atoms with Gasteiger partial charge in [0.15, 0.2) is 0 Å². The minimum absolute atomic E-state index is 0.0109. The fraction of sp³-hybridized carbons (Fsp3) is 0.538. The van der Waals surface area contributed by atoms with Gasteiger partial charge in [0.1, 0.15) is 12.4 Å². The van der Waals surface area contributed by atoms with Gasteiger partial charge in [0.25, 0.3) is 0 Å². The molecular weight excluding hydrogens is 258 g/mol. The molecule has 0 atom stereocenters. The predicted octanol–water partition coefficient (Wildman–Crippen LogP) is 0.212.